The van der Waals surface area contributed by atoms with Crippen LogP contribution in [0.1, 0.15) is 34.6 Å². The second-order valence-corrected chi connectivity index (χ2v) is 5.13. The van der Waals surface area contributed by atoms with Gasteiger partial charge in [0, 0.05) is 25.0 Å². The fourth-order valence-corrected chi connectivity index (χ4v) is 2.29. The van der Waals surface area contributed by atoms with E-state index in [0.717, 1.165) is 5.69 Å². The molecule has 1 N–H and O–H groups in total. The molecule has 0 saturated heterocycles. The Morgan fingerprint density at radius 3 is 2.29 bits per heavy atom. The summed E-state index contributed by atoms with van der Waals surface area (Å²) in [6, 6.07) is 8.65. The van der Waals surface area contributed by atoms with Gasteiger partial charge in [0.25, 0.3) is 5.91 Å². The van der Waals surface area contributed by atoms with Crippen molar-refractivity contribution in [1.82, 2.24) is 9.88 Å². The van der Waals surface area contributed by atoms with Crippen LogP contribution in [0.4, 0.5) is 11.4 Å². The number of amides is 1. The van der Waals surface area contributed by atoms with Gasteiger partial charge >= 0.3 is 5.97 Å². The third kappa shape index (κ3) is 4.10. The molecule has 0 atom stereocenters. The standard InChI is InChI=1S/C18H21N3O3/c1-4-21(5-2)17(22)14-10-16(12-19-11-14)20-15-8-6-13(7-9-15)18(23)24-3/h6-12,20H,4-5H2,1-3H3. The molecule has 0 aliphatic heterocycles. The molecule has 0 radical (unpaired) electrons. The van der Waals surface area contributed by atoms with Gasteiger partial charge in [0.15, 0.2) is 0 Å². The monoisotopic (exact) mass is 327 g/mol. The third-order valence-electron chi connectivity index (χ3n) is 3.63. The number of nitrogens with one attached hydrogen (secondary N) is 1. The number of ether oxygens (including phenoxy) is 1. The van der Waals surface area contributed by atoms with E-state index in [9.17, 15) is 9.59 Å². The molecule has 6 nitrogen and oxygen atoms in total. The first kappa shape index (κ1) is 17.5. The van der Waals surface area contributed by atoms with Gasteiger partial charge in [0.1, 0.15) is 0 Å². The van der Waals surface area contributed by atoms with Crippen LogP contribution in [-0.4, -0.2) is 42.0 Å². The van der Waals surface area contributed by atoms with Crippen molar-refractivity contribution in [2.24, 2.45) is 0 Å². The van der Waals surface area contributed by atoms with E-state index in [-0.39, 0.29) is 11.9 Å². The average molecular weight is 327 g/mol. The molecule has 0 fully saturated rings. The van der Waals surface area contributed by atoms with Crippen molar-refractivity contribution in [1.29, 1.82) is 0 Å². The number of hydrogen-bond donors (Lipinski definition) is 1. The molecule has 1 aromatic carbocycles. The van der Waals surface area contributed by atoms with Crippen LogP contribution in [-0.2, 0) is 4.74 Å². The number of benzene rings is 1. The molecule has 1 aromatic heterocycles. The Morgan fingerprint density at radius 1 is 1.04 bits per heavy atom. The maximum absolute atomic E-state index is 12.4. The summed E-state index contributed by atoms with van der Waals surface area (Å²) in [6.45, 7) is 5.20. The van der Waals surface area contributed by atoms with Gasteiger partial charge in [0.05, 0.1) is 30.1 Å². The zero-order chi connectivity index (χ0) is 17.5. The Hall–Kier alpha value is -2.89. The number of anilines is 2. The van der Waals surface area contributed by atoms with Crippen LogP contribution >= 0.6 is 0 Å². The molecule has 0 bridgehead atoms. The van der Waals surface area contributed by atoms with Crippen molar-refractivity contribution >= 4 is 23.3 Å². The Bertz CT molecular complexity index is 710. The van der Waals surface area contributed by atoms with Gasteiger partial charge in [0.2, 0.25) is 0 Å². The predicted octanol–water partition coefficient (Wildman–Crippen LogP) is 3.09. The van der Waals surface area contributed by atoms with Crippen LogP contribution in [0.2, 0.25) is 0 Å². The Morgan fingerprint density at radius 2 is 1.71 bits per heavy atom. The SMILES string of the molecule is CCN(CC)C(=O)c1cncc(Nc2ccc(C(=O)OC)cc2)c1. The van der Waals surface area contributed by atoms with E-state index in [2.05, 4.69) is 15.0 Å². The van der Waals surface area contributed by atoms with Gasteiger partial charge in [-0.1, -0.05) is 0 Å². The predicted molar refractivity (Wildman–Crippen MR) is 92.6 cm³/mol. The molecule has 0 aliphatic carbocycles. The van der Waals surface area contributed by atoms with Crippen LogP contribution in [0.5, 0.6) is 0 Å². The van der Waals surface area contributed by atoms with E-state index in [1.54, 1.807) is 47.6 Å². The molecule has 1 amide bonds. The van der Waals surface area contributed by atoms with Crippen molar-refractivity contribution in [3.05, 3.63) is 53.9 Å². The molecule has 2 rings (SSSR count). The van der Waals surface area contributed by atoms with Crippen LogP contribution < -0.4 is 5.32 Å². The highest BCUT2D eigenvalue weighted by atomic mass is 16.5. The first-order chi connectivity index (χ1) is 11.6. The Labute approximate surface area is 141 Å². The number of methoxy groups -OCH3 is 1. The van der Waals surface area contributed by atoms with Gasteiger partial charge < -0.3 is 15.0 Å². The first-order valence-corrected chi connectivity index (χ1v) is 7.78. The van der Waals surface area contributed by atoms with E-state index in [0.29, 0.717) is 29.9 Å². The normalized spacial score (nSPS) is 10.1. The van der Waals surface area contributed by atoms with Crippen molar-refractivity contribution in [3.8, 4) is 0 Å². The van der Waals surface area contributed by atoms with Crippen molar-refractivity contribution in [2.75, 3.05) is 25.5 Å². The second-order valence-electron chi connectivity index (χ2n) is 5.13. The summed E-state index contributed by atoms with van der Waals surface area (Å²) in [5.74, 6) is -0.424. The maximum atomic E-state index is 12.4. The average Bonchev–Trinajstić information content (AvgIpc) is 2.63. The number of pyridine rings is 1. The summed E-state index contributed by atoms with van der Waals surface area (Å²) >= 11 is 0. The number of carbonyl (C=O) groups excluding carboxylic acids is 2. The zero-order valence-electron chi connectivity index (χ0n) is 14.1. The third-order valence-corrected chi connectivity index (χ3v) is 3.63. The van der Waals surface area contributed by atoms with Gasteiger partial charge in [-0.05, 0) is 44.2 Å². The molecule has 126 valence electrons. The van der Waals surface area contributed by atoms with E-state index in [1.807, 2.05) is 13.8 Å². The molecular weight excluding hydrogens is 306 g/mol. The van der Waals surface area contributed by atoms with Gasteiger partial charge in [-0.15, -0.1) is 0 Å². The smallest absolute Gasteiger partial charge is 0.337 e. The number of hydrogen-bond acceptors (Lipinski definition) is 5. The number of nitrogens with zero attached hydrogens (tertiary/aromatic N) is 2. The van der Waals surface area contributed by atoms with Gasteiger partial charge in [-0.25, -0.2) is 4.79 Å². The van der Waals surface area contributed by atoms with Crippen molar-refractivity contribution in [2.45, 2.75) is 13.8 Å². The lowest BCUT2D eigenvalue weighted by Crippen LogP contribution is -2.30. The number of carbonyl (C=O) groups is 2. The summed E-state index contributed by atoms with van der Waals surface area (Å²) in [4.78, 5) is 29.7. The fraction of sp³-hybridized carbons (Fsp3) is 0.278. The number of rotatable bonds is 6. The van der Waals surface area contributed by atoms with E-state index in [1.165, 1.54) is 7.11 Å². The lowest BCUT2D eigenvalue weighted by Gasteiger charge is -2.18. The summed E-state index contributed by atoms with van der Waals surface area (Å²) in [5.41, 5.74) is 2.51. The lowest BCUT2D eigenvalue weighted by molar-refractivity contribution is 0.0600. The van der Waals surface area contributed by atoms with Crippen molar-refractivity contribution in [3.63, 3.8) is 0 Å². The summed E-state index contributed by atoms with van der Waals surface area (Å²) in [5, 5.41) is 3.17. The first-order valence-electron chi connectivity index (χ1n) is 7.78. The van der Waals surface area contributed by atoms with Crippen LogP contribution in [0.15, 0.2) is 42.7 Å². The van der Waals surface area contributed by atoms with Gasteiger partial charge in [-0.3, -0.25) is 9.78 Å². The molecule has 24 heavy (non-hydrogen) atoms. The minimum Gasteiger partial charge on any atom is -0.465 e. The lowest BCUT2D eigenvalue weighted by atomic mass is 10.2. The molecule has 6 heteroatoms. The largest absolute Gasteiger partial charge is 0.465 e. The van der Waals surface area contributed by atoms with Crippen LogP contribution in [0.3, 0.4) is 0 Å². The molecule has 0 unspecified atom stereocenters. The second kappa shape index (κ2) is 8.10. The molecule has 0 spiro atoms. The highest BCUT2D eigenvalue weighted by Gasteiger charge is 2.13. The minimum atomic E-state index is -0.380. The highest BCUT2D eigenvalue weighted by molar-refractivity contribution is 5.95. The minimum absolute atomic E-state index is 0.0443. The highest BCUT2D eigenvalue weighted by Crippen LogP contribution is 2.18. The summed E-state index contributed by atoms with van der Waals surface area (Å²) in [7, 11) is 1.35. The number of aromatic nitrogens is 1. The van der Waals surface area contributed by atoms with E-state index in [4.69, 9.17) is 0 Å². The Kier molecular flexibility index (Phi) is 5.89. The molecule has 1 heterocycles. The molecular formula is C18H21N3O3. The quantitative estimate of drug-likeness (QED) is 0.826. The zero-order valence-corrected chi connectivity index (χ0v) is 14.1. The molecule has 0 aliphatic rings. The molecule has 2 aromatic rings. The maximum Gasteiger partial charge on any atom is 0.337 e. The summed E-state index contributed by atoms with van der Waals surface area (Å²) < 4.78 is 4.67. The van der Waals surface area contributed by atoms with Crippen LogP contribution in [0, 0.1) is 0 Å². The topological polar surface area (TPSA) is 71.5 Å². The van der Waals surface area contributed by atoms with E-state index < -0.39 is 0 Å². The van der Waals surface area contributed by atoms with Crippen molar-refractivity contribution < 1.29 is 14.3 Å². The van der Waals surface area contributed by atoms with Gasteiger partial charge in [-0.2, -0.15) is 0 Å². The number of esters is 1. The van der Waals surface area contributed by atoms with Crippen LogP contribution in [0.25, 0.3) is 0 Å². The van der Waals surface area contributed by atoms with E-state index >= 15 is 0 Å². The summed E-state index contributed by atoms with van der Waals surface area (Å²) in [6.07, 6.45) is 3.21. The Balaban J connectivity index is 2.14. The fourth-order valence-electron chi connectivity index (χ4n) is 2.29. The molecule has 0 saturated carbocycles.